The fourth-order valence-electron chi connectivity index (χ4n) is 3.27. The Kier molecular flexibility index (Phi) is 6.16. The highest BCUT2D eigenvalue weighted by Gasteiger charge is 2.31. The topological polar surface area (TPSA) is 49.4 Å². The zero-order valence-electron chi connectivity index (χ0n) is 15.4. The van der Waals surface area contributed by atoms with Gasteiger partial charge in [-0.3, -0.25) is 14.5 Å². The minimum Gasteiger partial charge on any atom is -0.347 e. The summed E-state index contributed by atoms with van der Waals surface area (Å²) in [5, 5.41) is 2.84. The highest BCUT2D eigenvalue weighted by atomic mass is 16.2. The molecular formula is C20H30N2O2. The van der Waals surface area contributed by atoms with Crippen LogP contribution in [0.3, 0.4) is 0 Å². The zero-order valence-corrected chi connectivity index (χ0v) is 15.4. The molecule has 1 heterocycles. The lowest BCUT2D eigenvalue weighted by Crippen LogP contribution is -2.55. The molecule has 4 nitrogen and oxygen atoms in total. The van der Waals surface area contributed by atoms with E-state index in [2.05, 4.69) is 31.0 Å². The Hall–Kier alpha value is -1.68. The van der Waals surface area contributed by atoms with Gasteiger partial charge in [0.1, 0.15) is 0 Å². The van der Waals surface area contributed by atoms with E-state index in [0.717, 1.165) is 24.6 Å². The Morgan fingerprint density at radius 2 is 1.92 bits per heavy atom. The normalized spacial score (nSPS) is 19.1. The van der Waals surface area contributed by atoms with Crippen LogP contribution in [0.1, 0.15) is 56.0 Å². The van der Waals surface area contributed by atoms with Crippen molar-refractivity contribution in [3.63, 3.8) is 0 Å². The Morgan fingerprint density at radius 3 is 2.54 bits per heavy atom. The average Bonchev–Trinajstić information content (AvgIpc) is 2.60. The standard InChI is InChI=1S/C20H30N2O2/c1-5-16-7-6-12-22(13-16)20(3,4)14-21-19(24)18(23)17-10-8-15(2)9-11-17/h8-11,16H,5-7,12-14H2,1-4H3,(H,21,24). The number of nitrogens with one attached hydrogen (secondary N) is 1. The quantitative estimate of drug-likeness (QED) is 0.644. The Balaban J connectivity index is 1.92. The summed E-state index contributed by atoms with van der Waals surface area (Å²) in [6, 6.07) is 7.11. The largest absolute Gasteiger partial charge is 0.347 e. The van der Waals surface area contributed by atoms with E-state index in [4.69, 9.17) is 0 Å². The molecule has 0 radical (unpaired) electrons. The van der Waals surface area contributed by atoms with Gasteiger partial charge in [-0.15, -0.1) is 0 Å². The van der Waals surface area contributed by atoms with E-state index in [1.807, 2.05) is 19.1 Å². The van der Waals surface area contributed by atoms with Gasteiger partial charge in [0.15, 0.2) is 0 Å². The van der Waals surface area contributed by atoms with Crippen molar-refractivity contribution in [1.82, 2.24) is 10.2 Å². The van der Waals surface area contributed by atoms with Crippen LogP contribution in [0.15, 0.2) is 24.3 Å². The molecule has 1 atom stereocenters. The molecule has 132 valence electrons. The van der Waals surface area contributed by atoms with Gasteiger partial charge >= 0.3 is 0 Å². The van der Waals surface area contributed by atoms with Gasteiger partial charge in [0.25, 0.3) is 5.91 Å². The van der Waals surface area contributed by atoms with E-state index in [-0.39, 0.29) is 5.54 Å². The monoisotopic (exact) mass is 330 g/mol. The maximum Gasteiger partial charge on any atom is 0.292 e. The van der Waals surface area contributed by atoms with Gasteiger partial charge < -0.3 is 5.32 Å². The second kappa shape index (κ2) is 7.93. The molecule has 1 aromatic rings. The summed E-state index contributed by atoms with van der Waals surface area (Å²) >= 11 is 0. The van der Waals surface area contributed by atoms with E-state index in [1.165, 1.54) is 19.3 Å². The van der Waals surface area contributed by atoms with Crippen molar-refractivity contribution < 1.29 is 9.59 Å². The molecule has 2 rings (SSSR count). The van der Waals surface area contributed by atoms with Crippen molar-refractivity contribution in [2.24, 2.45) is 5.92 Å². The first-order valence-electron chi connectivity index (χ1n) is 8.97. The molecule has 0 aliphatic carbocycles. The minimum absolute atomic E-state index is 0.142. The van der Waals surface area contributed by atoms with Gasteiger partial charge in [-0.25, -0.2) is 0 Å². The van der Waals surface area contributed by atoms with Crippen LogP contribution in [0.5, 0.6) is 0 Å². The number of rotatable bonds is 6. The van der Waals surface area contributed by atoms with Gasteiger partial charge in [0.2, 0.25) is 5.78 Å². The fraction of sp³-hybridized carbons (Fsp3) is 0.600. The molecule has 0 saturated carbocycles. The number of ketones is 1. The molecule has 1 aromatic carbocycles. The number of likely N-dealkylation sites (tertiary alicyclic amines) is 1. The second-order valence-electron chi connectivity index (χ2n) is 7.55. The van der Waals surface area contributed by atoms with E-state index in [1.54, 1.807) is 12.1 Å². The number of nitrogens with zero attached hydrogens (tertiary/aromatic N) is 1. The number of piperidine rings is 1. The van der Waals surface area contributed by atoms with Crippen molar-refractivity contribution in [2.75, 3.05) is 19.6 Å². The van der Waals surface area contributed by atoms with Gasteiger partial charge in [0, 0.05) is 24.2 Å². The Labute approximate surface area is 145 Å². The van der Waals surface area contributed by atoms with Crippen molar-refractivity contribution in [2.45, 2.75) is 52.5 Å². The van der Waals surface area contributed by atoms with E-state index in [0.29, 0.717) is 12.1 Å². The number of aryl methyl sites for hydroxylation is 1. The SMILES string of the molecule is CCC1CCCN(C(C)(C)CNC(=O)C(=O)c2ccc(C)cc2)C1. The third kappa shape index (κ3) is 4.67. The zero-order chi connectivity index (χ0) is 17.7. The molecule has 24 heavy (non-hydrogen) atoms. The number of Topliss-reactive ketones (excluding diaryl/α,β-unsaturated/α-hetero) is 1. The van der Waals surface area contributed by atoms with Crippen molar-refractivity contribution in [1.29, 1.82) is 0 Å². The molecule has 1 aliphatic rings. The number of carbonyl (C=O) groups is 2. The maximum atomic E-state index is 12.2. The Bertz CT molecular complexity index is 578. The van der Waals surface area contributed by atoms with Crippen LogP contribution in [0.25, 0.3) is 0 Å². The van der Waals surface area contributed by atoms with Crippen molar-refractivity contribution in [3.05, 3.63) is 35.4 Å². The molecule has 1 fully saturated rings. The molecule has 1 unspecified atom stereocenters. The van der Waals surface area contributed by atoms with Gasteiger partial charge in [-0.2, -0.15) is 0 Å². The van der Waals surface area contributed by atoms with Crippen LogP contribution in [-0.2, 0) is 4.79 Å². The maximum absolute atomic E-state index is 12.2. The summed E-state index contributed by atoms with van der Waals surface area (Å²) in [6.07, 6.45) is 3.70. The van der Waals surface area contributed by atoms with Crippen LogP contribution in [0.2, 0.25) is 0 Å². The summed E-state index contributed by atoms with van der Waals surface area (Å²) in [7, 11) is 0. The molecule has 1 saturated heterocycles. The van der Waals surface area contributed by atoms with Crippen molar-refractivity contribution >= 4 is 11.7 Å². The molecule has 4 heteroatoms. The first kappa shape index (κ1) is 18.7. The smallest absolute Gasteiger partial charge is 0.292 e. The van der Waals surface area contributed by atoms with Crippen LogP contribution in [0, 0.1) is 12.8 Å². The summed E-state index contributed by atoms with van der Waals surface area (Å²) in [5.74, 6) is -0.241. The molecular weight excluding hydrogens is 300 g/mol. The second-order valence-corrected chi connectivity index (χ2v) is 7.55. The lowest BCUT2D eigenvalue weighted by Gasteiger charge is -2.43. The lowest BCUT2D eigenvalue weighted by atomic mass is 9.91. The van der Waals surface area contributed by atoms with E-state index in [9.17, 15) is 9.59 Å². The van der Waals surface area contributed by atoms with Gasteiger partial charge in [-0.05, 0) is 46.1 Å². The first-order chi connectivity index (χ1) is 11.3. The number of hydrogen-bond donors (Lipinski definition) is 1. The first-order valence-corrected chi connectivity index (χ1v) is 8.97. The average molecular weight is 330 g/mol. The third-order valence-corrected chi connectivity index (χ3v) is 5.15. The molecule has 0 bridgehead atoms. The van der Waals surface area contributed by atoms with Crippen molar-refractivity contribution in [3.8, 4) is 0 Å². The van der Waals surface area contributed by atoms with Crippen LogP contribution >= 0.6 is 0 Å². The summed E-state index contributed by atoms with van der Waals surface area (Å²) in [4.78, 5) is 26.9. The van der Waals surface area contributed by atoms with Gasteiger partial charge in [0.05, 0.1) is 0 Å². The molecule has 0 aromatic heterocycles. The highest BCUT2D eigenvalue weighted by Crippen LogP contribution is 2.25. The van der Waals surface area contributed by atoms with Crippen LogP contribution in [-0.4, -0.2) is 41.8 Å². The molecule has 1 aliphatic heterocycles. The molecule has 1 amide bonds. The summed E-state index contributed by atoms with van der Waals surface area (Å²) < 4.78 is 0. The van der Waals surface area contributed by atoms with E-state index >= 15 is 0 Å². The molecule has 0 spiro atoms. The fourth-order valence-corrected chi connectivity index (χ4v) is 3.27. The van der Waals surface area contributed by atoms with E-state index < -0.39 is 11.7 Å². The summed E-state index contributed by atoms with van der Waals surface area (Å²) in [5.41, 5.74) is 1.38. The number of carbonyl (C=O) groups excluding carboxylic acids is 2. The third-order valence-electron chi connectivity index (χ3n) is 5.15. The summed E-state index contributed by atoms with van der Waals surface area (Å²) in [6.45, 7) is 11.1. The minimum atomic E-state index is -0.518. The number of hydrogen-bond acceptors (Lipinski definition) is 3. The Morgan fingerprint density at radius 1 is 1.25 bits per heavy atom. The lowest BCUT2D eigenvalue weighted by molar-refractivity contribution is -0.117. The predicted octanol–water partition coefficient (Wildman–Crippen LogP) is 3.19. The highest BCUT2D eigenvalue weighted by molar-refractivity contribution is 6.42. The van der Waals surface area contributed by atoms with Crippen LogP contribution < -0.4 is 5.32 Å². The number of benzene rings is 1. The van der Waals surface area contributed by atoms with Gasteiger partial charge in [-0.1, -0.05) is 43.2 Å². The predicted molar refractivity (Wildman–Crippen MR) is 97.2 cm³/mol. The number of amides is 1. The molecule has 1 N–H and O–H groups in total. The van der Waals surface area contributed by atoms with Crippen LogP contribution in [0.4, 0.5) is 0 Å².